The first-order valence-electron chi connectivity index (χ1n) is 8.57. The van der Waals surface area contributed by atoms with E-state index in [2.05, 4.69) is 9.64 Å². The second-order valence-electron chi connectivity index (χ2n) is 6.95. The van der Waals surface area contributed by atoms with Crippen molar-refractivity contribution in [1.29, 1.82) is 0 Å². The van der Waals surface area contributed by atoms with Crippen LogP contribution in [0.2, 0.25) is 0 Å². The first kappa shape index (κ1) is 18.6. The zero-order chi connectivity index (χ0) is 18.9. The lowest BCUT2D eigenvalue weighted by Gasteiger charge is -2.45. The number of aliphatic carboxylic acids is 1. The summed E-state index contributed by atoms with van der Waals surface area (Å²) in [5, 5.41) is 9.50. The molecule has 1 aromatic rings. The number of hydrogen-bond acceptors (Lipinski definition) is 4. The molecule has 26 heavy (non-hydrogen) atoms. The van der Waals surface area contributed by atoms with Crippen LogP contribution >= 0.6 is 0 Å². The Kier molecular flexibility index (Phi) is 5.13. The topological polar surface area (TPSA) is 70.1 Å². The molecule has 1 amide bonds. The number of alkyl halides is 2. The quantitative estimate of drug-likeness (QED) is 0.863. The zero-order valence-electron chi connectivity index (χ0n) is 14.5. The SMILES string of the molecule is CN1C(=O)C[C@@H](C(=O)O)C12CCN(Cc1ccc(OC(F)F)cc1)CC2. The third-order valence-corrected chi connectivity index (χ3v) is 5.64. The van der Waals surface area contributed by atoms with E-state index in [1.807, 2.05) is 0 Å². The number of piperidine rings is 1. The number of rotatable bonds is 5. The third-order valence-electron chi connectivity index (χ3n) is 5.64. The van der Waals surface area contributed by atoms with E-state index in [9.17, 15) is 23.5 Å². The number of likely N-dealkylation sites (tertiary alicyclic amines) is 2. The molecule has 2 aliphatic heterocycles. The van der Waals surface area contributed by atoms with Crippen LogP contribution in [0.15, 0.2) is 24.3 Å². The van der Waals surface area contributed by atoms with Crippen LogP contribution in [0.1, 0.15) is 24.8 Å². The molecule has 0 aromatic heterocycles. The Bertz CT molecular complexity index is 672. The Morgan fingerprint density at radius 2 is 1.92 bits per heavy atom. The fourth-order valence-corrected chi connectivity index (χ4v) is 4.12. The van der Waals surface area contributed by atoms with Crippen LogP contribution in [0, 0.1) is 5.92 Å². The highest BCUT2D eigenvalue weighted by atomic mass is 19.3. The number of nitrogens with zero attached hydrogens (tertiary/aromatic N) is 2. The zero-order valence-corrected chi connectivity index (χ0v) is 14.5. The summed E-state index contributed by atoms with van der Waals surface area (Å²) >= 11 is 0. The maximum absolute atomic E-state index is 12.2. The predicted molar refractivity (Wildman–Crippen MR) is 88.8 cm³/mol. The van der Waals surface area contributed by atoms with E-state index in [0.29, 0.717) is 32.5 Å². The van der Waals surface area contributed by atoms with Crippen molar-refractivity contribution in [2.75, 3.05) is 20.1 Å². The van der Waals surface area contributed by atoms with E-state index < -0.39 is 24.0 Å². The number of carboxylic acids is 1. The molecule has 2 fully saturated rings. The summed E-state index contributed by atoms with van der Waals surface area (Å²) < 4.78 is 28.7. The average molecular weight is 368 g/mol. The smallest absolute Gasteiger partial charge is 0.387 e. The van der Waals surface area contributed by atoms with Crippen LogP contribution in [0.25, 0.3) is 0 Å². The molecular formula is C18H22F2N2O4. The van der Waals surface area contributed by atoms with Gasteiger partial charge in [-0.3, -0.25) is 14.5 Å². The van der Waals surface area contributed by atoms with E-state index in [-0.39, 0.29) is 18.1 Å². The minimum atomic E-state index is -2.84. The molecule has 2 aliphatic rings. The van der Waals surface area contributed by atoms with Crippen molar-refractivity contribution in [3.63, 3.8) is 0 Å². The van der Waals surface area contributed by atoms with Gasteiger partial charge in [0.05, 0.1) is 11.5 Å². The summed E-state index contributed by atoms with van der Waals surface area (Å²) in [7, 11) is 1.70. The van der Waals surface area contributed by atoms with Crippen molar-refractivity contribution in [2.45, 2.75) is 38.0 Å². The average Bonchev–Trinajstić information content (AvgIpc) is 2.84. The molecule has 2 saturated heterocycles. The van der Waals surface area contributed by atoms with Crippen LogP contribution in [-0.2, 0) is 16.1 Å². The lowest BCUT2D eigenvalue weighted by Crippen LogP contribution is -2.55. The highest BCUT2D eigenvalue weighted by molar-refractivity contribution is 5.88. The normalized spacial score (nSPS) is 23.0. The number of halogens is 2. The first-order chi connectivity index (χ1) is 12.3. The molecule has 0 bridgehead atoms. The van der Waals surface area contributed by atoms with E-state index >= 15 is 0 Å². The summed E-state index contributed by atoms with van der Waals surface area (Å²) in [5.74, 6) is -1.56. The molecule has 0 unspecified atom stereocenters. The van der Waals surface area contributed by atoms with Crippen molar-refractivity contribution in [2.24, 2.45) is 5.92 Å². The molecule has 1 aromatic carbocycles. The lowest BCUT2D eigenvalue weighted by atomic mass is 9.77. The molecule has 3 rings (SSSR count). The molecule has 142 valence electrons. The summed E-state index contributed by atoms with van der Waals surface area (Å²) in [6.45, 7) is -0.846. The third kappa shape index (κ3) is 3.51. The molecule has 1 atom stereocenters. The Labute approximate surface area is 150 Å². The van der Waals surface area contributed by atoms with Crippen molar-refractivity contribution >= 4 is 11.9 Å². The number of hydrogen-bond donors (Lipinski definition) is 1. The maximum Gasteiger partial charge on any atom is 0.387 e. The van der Waals surface area contributed by atoms with Crippen molar-refractivity contribution in [3.05, 3.63) is 29.8 Å². The van der Waals surface area contributed by atoms with Gasteiger partial charge in [0, 0.05) is 33.1 Å². The largest absolute Gasteiger partial charge is 0.481 e. The van der Waals surface area contributed by atoms with Gasteiger partial charge in [-0.2, -0.15) is 8.78 Å². The maximum atomic E-state index is 12.2. The Morgan fingerprint density at radius 3 is 2.46 bits per heavy atom. The van der Waals surface area contributed by atoms with Gasteiger partial charge in [0.2, 0.25) is 5.91 Å². The van der Waals surface area contributed by atoms with Gasteiger partial charge in [0.1, 0.15) is 5.75 Å². The second kappa shape index (κ2) is 7.19. The van der Waals surface area contributed by atoms with E-state index in [1.165, 1.54) is 12.1 Å². The van der Waals surface area contributed by atoms with Gasteiger partial charge < -0.3 is 14.7 Å². The molecule has 1 N–H and O–H groups in total. The van der Waals surface area contributed by atoms with Crippen LogP contribution in [-0.4, -0.2) is 59.1 Å². The van der Waals surface area contributed by atoms with Gasteiger partial charge in [-0.25, -0.2) is 0 Å². The summed E-state index contributed by atoms with van der Waals surface area (Å²) in [5.41, 5.74) is 0.363. The molecular weight excluding hydrogens is 346 g/mol. The van der Waals surface area contributed by atoms with Crippen molar-refractivity contribution in [1.82, 2.24) is 9.80 Å². The first-order valence-corrected chi connectivity index (χ1v) is 8.57. The Hall–Kier alpha value is -2.22. The monoisotopic (exact) mass is 368 g/mol. The Balaban J connectivity index is 1.61. The predicted octanol–water partition coefficient (Wildman–Crippen LogP) is 2.19. The van der Waals surface area contributed by atoms with Crippen LogP contribution in [0.3, 0.4) is 0 Å². The summed E-state index contributed by atoms with van der Waals surface area (Å²) in [6, 6.07) is 6.51. The number of ether oxygens (including phenoxy) is 1. The van der Waals surface area contributed by atoms with Crippen LogP contribution in [0.5, 0.6) is 5.75 Å². The molecule has 1 spiro atoms. The van der Waals surface area contributed by atoms with Gasteiger partial charge in [0.25, 0.3) is 0 Å². The van der Waals surface area contributed by atoms with E-state index in [4.69, 9.17) is 0 Å². The second-order valence-corrected chi connectivity index (χ2v) is 6.95. The fraction of sp³-hybridized carbons (Fsp3) is 0.556. The fourth-order valence-electron chi connectivity index (χ4n) is 4.12. The lowest BCUT2D eigenvalue weighted by molar-refractivity contribution is -0.146. The van der Waals surface area contributed by atoms with Crippen molar-refractivity contribution in [3.8, 4) is 5.75 Å². The molecule has 2 heterocycles. The molecule has 6 nitrogen and oxygen atoms in total. The van der Waals surface area contributed by atoms with Gasteiger partial charge in [0.15, 0.2) is 0 Å². The van der Waals surface area contributed by atoms with Crippen LogP contribution < -0.4 is 4.74 Å². The minimum absolute atomic E-state index is 0.0669. The van der Waals surface area contributed by atoms with E-state index in [0.717, 1.165) is 5.56 Å². The van der Waals surface area contributed by atoms with Gasteiger partial charge >= 0.3 is 12.6 Å². The van der Waals surface area contributed by atoms with Crippen LogP contribution in [0.4, 0.5) is 8.78 Å². The number of carbonyl (C=O) groups excluding carboxylic acids is 1. The molecule has 0 saturated carbocycles. The summed E-state index contributed by atoms with van der Waals surface area (Å²) in [4.78, 5) is 27.4. The molecule has 8 heteroatoms. The van der Waals surface area contributed by atoms with E-state index in [1.54, 1.807) is 24.1 Å². The highest BCUT2D eigenvalue weighted by Crippen LogP contribution is 2.43. The molecule has 0 aliphatic carbocycles. The van der Waals surface area contributed by atoms with Crippen molar-refractivity contribution < 1.29 is 28.2 Å². The highest BCUT2D eigenvalue weighted by Gasteiger charge is 2.55. The minimum Gasteiger partial charge on any atom is -0.481 e. The van der Waals surface area contributed by atoms with Gasteiger partial charge in [-0.15, -0.1) is 0 Å². The summed E-state index contributed by atoms with van der Waals surface area (Å²) in [6.07, 6.45) is 1.29. The standard InChI is InChI=1S/C18H22F2N2O4/c1-21-15(23)10-14(16(24)25)18(21)6-8-22(9-7-18)11-12-2-4-13(5-3-12)26-17(19)20/h2-5,14,17H,6-11H2,1H3,(H,24,25)/t14-/m0/s1. The van der Waals surface area contributed by atoms with Gasteiger partial charge in [-0.1, -0.05) is 12.1 Å². The van der Waals surface area contributed by atoms with Gasteiger partial charge in [-0.05, 0) is 30.5 Å². The number of carbonyl (C=O) groups is 2. The number of benzene rings is 1. The molecule has 0 radical (unpaired) electrons. The Morgan fingerprint density at radius 1 is 1.31 bits per heavy atom. The number of carboxylic acid groups (broad SMARTS) is 1. The number of amides is 1.